The molecule has 1 N–H and O–H groups in total. The van der Waals surface area contributed by atoms with Crippen LogP contribution in [0.3, 0.4) is 0 Å². The number of benzene rings is 1. The lowest BCUT2D eigenvalue weighted by Gasteiger charge is -2.34. The number of rotatable bonds is 5. The van der Waals surface area contributed by atoms with Crippen LogP contribution in [0.25, 0.3) is 0 Å². The standard InChI is InChI=1S/C18H27FN2O2/c1-12(2)17(11-21-8-7-15(22)10-21)20(4)18(23)14-5-6-16(19)13(3)9-14/h5-6,9,12,15,17,22H,7-8,10-11H2,1-4H3. The number of aliphatic hydroxyl groups excluding tert-OH is 1. The Morgan fingerprint density at radius 1 is 1.48 bits per heavy atom. The number of hydrogen-bond donors (Lipinski definition) is 1. The van der Waals surface area contributed by atoms with Crippen molar-refractivity contribution in [1.29, 1.82) is 0 Å². The molecule has 2 atom stereocenters. The highest BCUT2D eigenvalue weighted by Gasteiger charge is 2.29. The van der Waals surface area contributed by atoms with Gasteiger partial charge in [-0.3, -0.25) is 9.69 Å². The van der Waals surface area contributed by atoms with E-state index >= 15 is 0 Å². The van der Waals surface area contributed by atoms with E-state index in [0.717, 1.165) is 19.5 Å². The molecule has 0 saturated carbocycles. The molecule has 0 bridgehead atoms. The second kappa shape index (κ2) is 7.41. The smallest absolute Gasteiger partial charge is 0.253 e. The largest absolute Gasteiger partial charge is 0.392 e. The van der Waals surface area contributed by atoms with Crippen LogP contribution in [-0.4, -0.2) is 59.6 Å². The first-order valence-electron chi connectivity index (χ1n) is 8.23. The predicted octanol–water partition coefficient (Wildman–Crippen LogP) is 2.30. The van der Waals surface area contributed by atoms with Gasteiger partial charge in [0.1, 0.15) is 5.82 Å². The summed E-state index contributed by atoms with van der Waals surface area (Å²) in [5.41, 5.74) is 0.992. The second-order valence-corrected chi connectivity index (χ2v) is 6.89. The van der Waals surface area contributed by atoms with Crippen molar-refractivity contribution < 1.29 is 14.3 Å². The van der Waals surface area contributed by atoms with Gasteiger partial charge in [0.05, 0.1) is 6.10 Å². The lowest BCUT2D eigenvalue weighted by atomic mass is 10.0. The predicted molar refractivity (Wildman–Crippen MR) is 88.9 cm³/mol. The van der Waals surface area contributed by atoms with Gasteiger partial charge in [0, 0.05) is 38.3 Å². The first kappa shape index (κ1) is 17.9. The molecule has 5 heteroatoms. The summed E-state index contributed by atoms with van der Waals surface area (Å²) in [7, 11) is 1.80. The lowest BCUT2D eigenvalue weighted by molar-refractivity contribution is 0.0633. The van der Waals surface area contributed by atoms with E-state index in [4.69, 9.17) is 0 Å². The minimum atomic E-state index is -0.296. The number of likely N-dealkylation sites (tertiary alicyclic amines) is 1. The van der Waals surface area contributed by atoms with Crippen molar-refractivity contribution >= 4 is 5.91 Å². The summed E-state index contributed by atoms with van der Waals surface area (Å²) in [5.74, 6) is -0.0922. The molecule has 0 radical (unpaired) electrons. The molecule has 0 spiro atoms. The molecule has 1 aromatic rings. The molecule has 23 heavy (non-hydrogen) atoms. The Morgan fingerprint density at radius 2 is 2.17 bits per heavy atom. The van der Waals surface area contributed by atoms with E-state index in [-0.39, 0.29) is 23.9 Å². The highest BCUT2D eigenvalue weighted by Crippen LogP contribution is 2.19. The zero-order valence-electron chi connectivity index (χ0n) is 14.4. The fraction of sp³-hybridized carbons (Fsp3) is 0.611. The van der Waals surface area contributed by atoms with E-state index in [1.54, 1.807) is 24.9 Å². The van der Waals surface area contributed by atoms with Crippen LogP contribution < -0.4 is 0 Å². The highest BCUT2D eigenvalue weighted by molar-refractivity contribution is 5.94. The van der Waals surface area contributed by atoms with Crippen molar-refractivity contribution in [3.63, 3.8) is 0 Å². The Bertz CT molecular complexity index is 562. The average Bonchev–Trinajstić information content (AvgIpc) is 2.91. The molecule has 1 aliphatic rings. The molecule has 0 aromatic heterocycles. The summed E-state index contributed by atoms with van der Waals surface area (Å²) in [6.45, 7) is 8.13. The molecule has 128 valence electrons. The average molecular weight is 322 g/mol. The molecule has 2 rings (SSSR count). The van der Waals surface area contributed by atoms with Crippen LogP contribution in [-0.2, 0) is 0 Å². The first-order valence-corrected chi connectivity index (χ1v) is 8.23. The molecule has 1 aromatic carbocycles. The summed E-state index contributed by atoms with van der Waals surface area (Å²) in [4.78, 5) is 16.7. The lowest BCUT2D eigenvalue weighted by Crippen LogP contribution is -2.47. The second-order valence-electron chi connectivity index (χ2n) is 6.89. The van der Waals surface area contributed by atoms with Gasteiger partial charge in [0.2, 0.25) is 0 Å². The van der Waals surface area contributed by atoms with Crippen LogP contribution in [0.2, 0.25) is 0 Å². The van der Waals surface area contributed by atoms with Gasteiger partial charge in [-0.25, -0.2) is 4.39 Å². The van der Waals surface area contributed by atoms with Gasteiger partial charge in [-0.15, -0.1) is 0 Å². The van der Waals surface area contributed by atoms with Crippen molar-refractivity contribution in [3.05, 3.63) is 35.1 Å². The van der Waals surface area contributed by atoms with Crippen LogP contribution in [0.5, 0.6) is 0 Å². The van der Waals surface area contributed by atoms with E-state index < -0.39 is 0 Å². The van der Waals surface area contributed by atoms with E-state index in [9.17, 15) is 14.3 Å². The normalized spacial score (nSPS) is 20.0. The molecule has 0 aliphatic carbocycles. The molecule has 1 heterocycles. The minimum Gasteiger partial charge on any atom is -0.392 e. The topological polar surface area (TPSA) is 43.8 Å². The van der Waals surface area contributed by atoms with E-state index in [1.807, 2.05) is 0 Å². The Labute approximate surface area is 137 Å². The zero-order valence-corrected chi connectivity index (χ0v) is 14.4. The molecule has 1 saturated heterocycles. The molecule has 1 fully saturated rings. The Morgan fingerprint density at radius 3 is 2.70 bits per heavy atom. The zero-order chi connectivity index (χ0) is 17.1. The molecule has 1 amide bonds. The van der Waals surface area contributed by atoms with Crippen LogP contribution in [0, 0.1) is 18.7 Å². The number of amides is 1. The van der Waals surface area contributed by atoms with Crippen LogP contribution >= 0.6 is 0 Å². The van der Waals surface area contributed by atoms with Crippen molar-refractivity contribution in [1.82, 2.24) is 9.80 Å². The number of aliphatic hydroxyl groups is 1. The molecule has 4 nitrogen and oxygen atoms in total. The Hall–Kier alpha value is -1.46. The van der Waals surface area contributed by atoms with Crippen LogP contribution in [0.15, 0.2) is 18.2 Å². The summed E-state index contributed by atoms with van der Waals surface area (Å²) in [6.07, 6.45) is 0.531. The Kier molecular flexibility index (Phi) is 5.76. The maximum absolute atomic E-state index is 13.4. The van der Waals surface area contributed by atoms with Crippen molar-refractivity contribution in [2.45, 2.75) is 39.3 Å². The number of halogens is 1. The van der Waals surface area contributed by atoms with Gasteiger partial charge in [-0.05, 0) is 43.0 Å². The van der Waals surface area contributed by atoms with E-state index in [2.05, 4.69) is 18.7 Å². The van der Waals surface area contributed by atoms with Gasteiger partial charge in [-0.2, -0.15) is 0 Å². The monoisotopic (exact) mass is 322 g/mol. The summed E-state index contributed by atoms with van der Waals surface area (Å²) in [6, 6.07) is 4.54. The third-order valence-electron chi connectivity index (χ3n) is 4.69. The SMILES string of the molecule is Cc1cc(C(=O)N(C)C(CN2CCC(O)C2)C(C)C)ccc1F. The van der Waals surface area contributed by atoms with E-state index in [1.165, 1.54) is 12.1 Å². The summed E-state index contributed by atoms with van der Waals surface area (Å²) < 4.78 is 13.4. The fourth-order valence-corrected chi connectivity index (χ4v) is 3.16. The van der Waals surface area contributed by atoms with Crippen molar-refractivity contribution in [2.24, 2.45) is 5.92 Å². The quantitative estimate of drug-likeness (QED) is 0.904. The fourth-order valence-electron chi connectivity index (χ4n) is 3.16. The molecule has 2 unspecified atom stereocenters. The highest BCUT2D eigenvalue weighted by atomic mass is 19.1. The number of hydrogen-bond acceptors (Lipinski definition) is 3. The number of carbonyl (C=O) groups is 1. The molecular weight excluding hydrogens is 295 g/mol. The third kappa shape index (κ3) is 4.30. The maximum Gasteiger partial charge on any atom is 0.253 e. The van der Waals surface area contributed by atoms with Gasteiger partial charge in [0.15, 0.2) is 0 Å². The summed E-state index contributed by atoms with van der Waals surface area (Å²) in [5, 5.41) is 9.68. The van der Waals surface area contributed by atoms with Crippen molar-refractivity contribution in [3.8, 4) is 0 Å². The Balaban J connectivity index is 2.11. The van der Waals surface area contributed by atoms with Gasteiger partial charge >= 0.3 is 0 Å². The van der Waals surface area contributed by atoms with Gasteiger partial charge < -0.3 is 10.0 Å². The molecular formula is C18H27FN2O2. The van der Waals surface area contributed by atoms with Crippen molar-refractivity contribution in [2.75, 3.05) is 26.7 Å². The van der Waals surface area contributed by atoms with Gasteiger partial charge in [-0.1, -0.05) is 13.8 Å². The van der Waals surface area contributed by atoms with E-state index in [0.29, 0.717) is 23.6 Å². The third-order valence-corrected chi connectivity index (χ3v) is 4.69. The number of likely N-dealkylation sites (N-methyl/N-ethyl adjacent to an activating group) is 1. The molecule has 1 aliphatic heterocycles. The summed E-state index contributed by atoms with van der Waals surface area (Å²) >= 11 is 0. The number of aryl methyl sites for hydroxylation is 1. The number of carbonyl (C=O) groups excluding carboxylic acids is 1. The number of β-amino-alcohol motifs (C(OH)–C–C–N with tert-alkyl or cyclic N) is 1. The van der Waals surface area contributed by atoms with Crippen LogP contribution in [0.4, 0.5) is 4.39 Å². The minimum absolute atomic E-state index is 0.0539. The maximum atomic E-state index is 13.4. The number of nitrogens with zero attached hydrogens (tertiary/aromatic N) is 2. The first-order chi connectivity index (χ1) is 10.8. The van der Waals surface area contributed by atoms with Gasteiger partial charge in [0.25, 0.3) is 5.91 Å². The van der Waals surface area contributed by atoms with Crippen LogP contribution in [0.1, 0.15) is 36.2 Å².